The number of benzene rings is 3. The van der Waals surface area contributed by atoms with Crippen molar-refractivity contribution in [3.05, 3.63) is 93.5 Å². The molecule has 0 heterocycles. The van der Waals surface area contributed by atoms with E-state index in [-0.39, 0.29) is 23.3 Å². The number of carbonyl (C=O) groups excluding carboxylic acids is 2. The summed E-state index contributed by atoms with van der Waals surface area (Å²) in [6.45, 7) is 9.45. The van der Waals surface area contributed by atoms with E-state index in [1.54, 1.807) is 54.6 Å². The van der Waals surface area contributed by atoms with Crippen LogP contribution in [0.5, 0.6) is 0 Å². The number of aryl methyl sites for hydroxylation is 2. The maximum Gasteiger partial charge on any atom is 0.264 e. The molecule has 0 aromatic heterocycles. The third-order valence-electron chi connectivity index (χ3n) is 6.64. The summed E-state index contributed by atoms with van der Waals surface area (Å²) in [6.07, 6.45) is 0.316. The number of nitrogens with one attached hydrogen (secondary N) is 1. The van der Waals surface area contributed by atoms with Crippen molar-refractivity contribution in [2.24, 2.45) is 5.92 Å². The Hall–Kier alpha value is -3.07. The molecule has 0 radical (unpaired) electrons. The molecule has 3 aromatic rings. The first kappa shape index (κ1) is 32.4. The summed E-state index contributed by atoms with van der Waals surface area (Å²) >= 11 is 12.6. The molecule has 220 valence electrons. The number of nitrogens with zero attached hydrogens (tertiary/aromatic N) is 2. The molecule has 0 unspecified atom stereocenters. The minimum absolute atomic E-state index is 0.00520. The van der Waals surface area contributed by atoms with Crippen molar-refractivity contribution in [3.8, 4) is 0 Å². The molecular formula is C31H37Cl2N3O4S. The largest absolute Gasteiger partial charge is 0.354 e. The van der Waals surface area contributed by atoms with Gasteiger partial charge in [0, 0.05) is 23.1 Å². The Morgan fingerprint density at radius 3 is 2.02 bits per heavy atom. The van der Waals surface area contributed by atoms with E-state index in [9.17, 15) is 18.0 Å². The van der Waals surface area contributed by atoms with E-state index in [1.165, 1.54) is 17.0 Å². The monoisotopic (exact) mass is 617 g/mol. The molecule has 0 aliphatic heterocycles. The molecule has 0 saturated carbocycles. The van der Waals surface area contributed by atoms with Gasteiger partial charge in [0.2, 0.25) is 11.8 Å². The smallest absolute Gasteiger partial charge is 0.264 e. The van der Waals surface area contributed by atoms with Crippen LogP contribution in [-0.2, 0) is 26.2 Å². The molecule has 7 nitrogen and oxygen atoms in total. The molecule has 2 amide bonds. The predicted molar refractivity (Wildman–Crippen MR) is 166 cm³/mol. The summed E-state index contributed by atoms with van der Waals surface area (Å²) in [5.74, 6) is -0.648. The third kappa shape index (κ3) is 8.47. The van der Waals surface area contributed by atoms with Gasteiger partial charge in [0.1, 0.15) is 12.6 Å². The fourth-order valence-electron chi connectivity index (χ4n) is 4.25. The number of sulfonamides is 1. The van der Waals surface area contributed by atoms with Crippen molar-refractivity contribution >= 4 is 50.7 Å². The molecule has 0 saturated heterocycles. The molecule has 0 bridgehead atoms. The first-order valence-electron chi connectivity index (χ1n) is 13.5. The van der Waals surface area contributed by atoms with Crippen LogP contribution in [0.15, 0.2) is 71.6 Å². The lowest BCUT2D eigenvalue weighted by Gasteiger charge is -2.33. The van der Waals surface area contributed by atoms with Crippen LogP contribution in [0.2, 0.25) is 10.0 Å². The summed E-state index contributed by atoms with van der Waals surface area (Å²) in [7, 11) is -4.13. The Morgan fingerprint density at radius 1 is 0.902 bits per heavy atom. The summed E-state index contributed by atoms with van der Waals surface area (Å²) in [6, 6.07) is 17.5. The number of carbonyl (C=O) groups is 2. The lowest BCUT2D eigenvalue weighted by atomic mass is 10.1. The van der Waals surface area contributed by atoms with Crippen molar-refractivity contribution < 1.29 is 18.0 Å². The van der Waals surface area contributed by atoms with E-state index in [4.69, 9.17) is 23.2 Å². The second-order valence-corrected chi connectivity index (χ2v) is 13.2. The summed E-state index contributed by atoms with van der Waals surface area (Å²) in [4.78, 5) is 28.9. The number of halogens is 2. The molecule has 10 heteroatoms. The van der Waals surface area contributed by atoms with E-state index >= 15 is 0 Å². The van der Waals surface area contributed by atoms with E-state index in [0.29, 0.717) is 34.3 Å². The van der Waals surface area contributed by atoms with Crippen LogP contribution in [-0.4, -0.2) is 44.3 Å². The zero-order chi connectivity index (χ0) is 30.3. The summed E-state index contributed by atoms with van der Waals surface area (Å²) in [5, 5.41) is 3.69. The normalized spacial score (nSPS) is 12.2. The SMILES string of the molecule is CC[C@@H](C(=O)NCC(C)C)N(Cc1ccc(Cl)cc1Cl)C(=O)CN(c1ccc(C)cc1)S(=O)(=O)c1ccc(C)cc1. The van der Waals surface area contributed by atoms with Crippen LogP contribution in [0.4, 0.5) is 5.69 Å². The topological polar surface area (TPSA) is 86.8 Å². The first-order valence-corrected chi connectivity index (χ1v) is 15.7. The Balaban J connectivity index is 2.06. The lowest BCUT2D eigenvalue weighted by Crippen LogP contribution is -2.52. The van der Waals surface area contributed by atoms with Gasteiger partial charge in [0.25, 0.3) is 10.0 Å². The lowest BCUT2D eigenvalue weighted by molar-refractivity contribution is -0.140. The van der Waals surface area contributed by atoms with Crippen LogP contribution < -0.4 is 9.62 Å². The average molecular weight is 619 g/mol. The third-order valence-corrected chi connectivity index (χ3v) is 9.01. The highest BCUT2D eigenvalue weighted by atomic mass is 35.5. The van der Waals surface area contributed by atoms with Crippen molar-refractivity contribution in [2.75, 3.05) is 17.4 Å². The molecule has 0 spiro atoms. The van der Waals surface area contributed by atoms with E-state index in [1.807, 2.05) is 34.6 Å². The Labute approximate surface area is 253 Å². The quantitative estimate of drug-likeness (QED) is 0.255. The van der Waals surface area contributed by atoms with Gasteiger partial charge in [0.05, 0.1) is 10.6 Å². The zero-order valence-electron chi connectivity index (χ0n) is 24.0. The van der Waals surface area contributed by atoms with Crippen molar-refractivity contribution in [1.29, 1.82) is 0 Å². The molecule has 0 fully saturated rings. The highest BCUT2D eigenvalue weighted by Gasteiger charge is 2.34. The standard InChI is InChI=1S/C31H37Cl2N3O4S/c1-6-29(31(38)34-18-21(2)3)35(19-24-11-12-25(32)17-28(24)33)30(37)20-36(26-13-7-22(4)8-14-26)41(39,40)27-15-9-23(5)10-16-27/h7-17,21,29H,6,18-20H2,1-5H3,(H,34,38)/t29-/m0/s1. The Bertz CT molecular complexity index is 1460. The van der Waals surface area contributed by atoms with Gasteiger partial charge in [-0.2, -0.15) is 0 Å². The second kappa shape index (κ2) is 14.2. The van der Waals surface area contributed by atoms with Gasteiger partial charge in [-0.15, -0.1) is 0 Å². The first-order chi connectivity index (χ1) is 19.3. The Morgan fingerprint density at radius 2 is 1.49 bits per heavy atom. The van der Waals surface area contributed by atoms with Crippen molar-refractivity contribution in [3.63, 3.8) is 0 Å². The number of anilines is 1. The van der Waals surface area contributed by atoms with Gasteiger partial charge >= 0.3 is 0 Å². The van der Waals surface area contributed by atoms with Crippen LogP contribution in [0.1, 0.15) is 43.9 Å². The van der Waals surface area contributed by atoms with Crippen LogP contribution in [0, 0.1) is 19.8 Å². The number of hydrogen-bond donors (Lipinski definition) is 1. The minimum atomic E-state index is -4.13. The molecule has 0 aliphatic rings. The molecule has 0 aliphatic carbocycles. The minimum Gasteiger partial charge on any atom is -0.354 e. The molecule has 41 heavy (non-hydrogen) atoms. The van der Waals surface area contributed by atoms with Gasteiger partial charge in [-0.3, -0.25) is 13.9 Å². The molecule has 1 N–H and O–H groups in total. The maximum absolute atomic E-state index is 14.1. The Kier molecular flexibility index (Phi) is 11.2. The zero-order valence-corrected chi connectivity index (χ0v) is 26.4. The van der Waals surface area contributed by atoms with Crippen LogP contribution in [0.3, 0.4) is 0 Å². The van der Waals surface area contributed by atoms with Gasteiger partial charge in [-0.05, 0) is 68.1 Å². The van der Waals surface area contributed by atoms with Gasteiger partial charge in [-0.1, -0.05) is 85.4 Å². The number of amides is 2. The molecule has 3 aromatic carbocycles. The van der Waals surface area contributed by atoms with Gasteiger partial charge in [0.15, 0.2) is 0 Å². The van der Waals surface area contributed by atoms with E-state index in [0.717, 1.165) is 15.4 Å². The van der Waals surface area contributed by atoms with Gasteiger partial charge in [-0.25, -0.2) is 8.42 Å². The predicted octanol–water partition coefficient (Wildman–Crippen LogP) is 6.39. The molecule has 1 atom stereocenters. The van der Waals surface area contributed by atoms with E-state index in [2.05, 4.69) is 5.32 Å². The summed E-state index contributed by atoms with van der Waals surface area (Å²) < 4.78 is 28.9. The maximum atomic E-state index is 14.1. The molecular weight excluding hydrogens is 581 g/mol. The number of hydrogen-bond acceptors (Lipinski definition) is 4. The average Bonchev–Trinajstić information content (AvgIpc) is 2.92. The molecule has 3 rings (SSSR count). The second-order valence-electron chi connectivity index (χ2n) is 10.5. The fraction of sp³-hybridized carbons (Fsp3) is 0.355. The van der Waals surface area contributed by atoms with Crippen molar-refractivity contribution in [2.45, 2.75) is 58.5 Å². The summed E-state index contributed by atoms with van der Waals surface area (Å²) in [5.41, 5.74) is 2.78. The van der Waals surface area contributed by atoms with E-state index < -0.39 is 28.5 Å². The van der Waals surface area contributed by atoms with Crippen LogP contribution in [0.25, 0.3) is 0 Å². The van der Waals surface area contributed by atoms with Crippen molar-refractivity contribution in [1.82, 2.24) is 10.2 Å². The van der Waals surface area contributed by atoms with Gasteiger partial charge < -0.3 is 10.2 Å². The number of rotatable bonds is 12. The highest BCUT2D eigenvalue weighted by molar-refractivity contribution is 7.92. The van der Waals surface area contributed by atoms with Crippen LogP contribution >= 0.6 is 23.2 Å². The fourth-order valence-corrected chi connectivity index (χ4v) is 6.14. The highest BCUT2D eigenvalue weighted by Crippen LogP contribution is 2.27.